The largest absolute Gasteiger partial charge is 0.208 e. The van der Waals surface area contributed by atoms with Gasteiger partial charge in [0.05, 0.1) is 0 Å². The third-order valence-electron chi connectivity index (χ3n) is 9.75. The van der Waals surface area contributed by atoms with E-state index in [2.05, 4.69) is 170 Å². The molecule has 0 bridgehead atoms. The first-order valence-electron chi connectivity index (χ1n) is 17.1. The van der Waals surface area contributed by atoms with E-state index < -0.39 is 0 Å². The summed E-state index contributed by atoms with van der Waals surface area (Å²) in [5.41, 5.74) is 7.62. The van der Waals surface area contributed by atoms with Gasteiger partial charge in [0.25, 0.3) is 0 Å². The number of aromatic nitrogens is 3. The van der Waals surface area contributed by atoms with Crippen LogP contribution in [-0.2, 0) is 0 Å². The lowest BCUT2D eigenvalue weighted by atomic mass is 9.94. The molecule has 0 aliphatic heterocycles. The van der Waals surface area contributed by atoms with Crippen LogP contribution in [0.1, 0.15) is 0 Å². The number of fused-ring (bicyclic) bond motifs is 5. The van der Waals surface area contributed by atoms with E-state index >= 15 is 0 Å². The highest BCUT2D eigenvalue weighted by atomic mass is 32.1. The highest BCUT2D eigenvalue weighted by molar-refractivity contribution is 7.25. The maximum absolute atomic E-state index is 5.28. The molecule has 10 rings (SSSR count). The Hall–Kier alpha value is -6.49. The number of thiophene rings is 1. The van der Waals surface area contributed by atoms with Crippen LogP contribution in [0.25, 0.3) is 98.1 Å². The van der Waals surface area contributed by atoms with Crippen LogP contribution >= 0.6 is 11.3 Å². The van der Waals surface area contributed by atoms with Crippen LogP contribution in [0.3, 0.4) is 0 Å². The number of hydrogen-bond acceptors (Lipinski definition) is 4. The summed E-state index contributed by atoms with van der Waals surface area (Å²) in [6.45, 7) is 0. The van der Waals surface area contributed by atoms with Crippen LogP contribution in [-0.4, -0.2) is 15.0 Å². The van der Waals surface area contributed by atoms with Crippen molar-refractivity contribution in [3.63, 3.8) is 0 Å². The van der Waals surface area contributed by atoms with Crippen molar-refractivity contribution in [2.45, 2.75) is 0 Å². The lowest BCUT2D eigenvalue weighted by molar-refractivity contribution is 1.08. The van der Waals surface area contributed by atoms with Crippen LogP contribution in [0, 0.1) is 0 Å². The first-order chi connectivity index (χ1) is 25.3. The summed E-state index contributed by atoms with van der Waals surface area (Å²) in [5.74, 6) is 1.97. The van der Waals surface area contributed by atoms with Crippen LogP contribution in [0.2, 0.25) is 0 Å². The van der Waals surface area contributed by atoms with Crippen molar-refractivity contribution in [1.82, 2.24) is 15.0 Å². The minimum Gasteiger partial charge on any atom is -0.208 e. The summed E-state index contributed by atoms with van der Waals surface area (Å²) in [7, 11) is 0. The molecule has 51 heavy (non-hydrogen) atoms. The average molecular weight is 668 g/mol. The number of benzene rings is 8. The van der Waals surface area contributed by atoms with E-state index in [-0.39, 0.29) is 0 Å². The fourth-order valence-corrected chi connectivity index (χ4v) is 8.39. The predicted molar refractivity (Wildman–Crippen MR) is 215 cm³/mol. The van der Waals surface area contributed by atoms with Gasteiger partial charge in [-0.2, -0.15) is 0 Å². The molecule has 8 aromatic carbocycles. The van der Waals surface area contributed by atoms with Crippen LogP contribution < -0.4 is 0 Å². The molecule has 0 fully saturated rings. The van der Waals surface area contributed by atoms with Gasteiger partial charge < -0.3 is 0 Å². The molecule has 2 heterocycles. The van der Waals surface area contributed by atoms with Crippen molar-refractivity contribution in [3.8, 4) is 56.4 Å². The molecule has 0 unspecified atom stereocenters. The number of rotatable bonds is 5. The quantitative estimate of drug-likeness (QED) is 0.183. The van der Waals surface area contributed by atoms with Crippen molar-refractivity contribution in [2.24, 2.45) is 0 Å². The smallest absolute Gasteiger partial charge is 0.164 e. The number of nitrogens with zero attached hydrogens (tertiary/aromatic N) is 3. The Labute approximate surface area is 299 Å². The second-order valence-electron chi connectivity index (χ2n) is 12.8. The van der Waals surface area contributed by atoms with Crippen molar-refractivity contribution in [2.75, 3.05) is 0 Å². The molecule has 2 aromatic heterocycles. The van der Waals surface area contributed by atoms with Gasteiger partial charge in [-0.1, -0.05) is 158 Å². The second-order valence-corrected chi connectivity index (χ2v) is 13.9. The van der Waals surface area contributed by atoms with Crippen LogP contribution in [0.4, 0.5) is 0 Å². The minimum atomic E-state index is 0.647. The van der Waals surface area contributed by atoms with E-state index in [1.807, 2.05) is 6.07 Å². The van der Waals surface area contributed by atoms with E-state index in [4.69, 9.17) is 15.0 Å². The first kappa shape index (κ1) is 29.4. The summed E-state index contributed by atoms with van der Waals surface area (Å²) in [6, 6.07) is 62.2. The highest BCUT2D eigenvalue weighted by Crippen LogP contribution is 2.41. The molecule has 0 saturated carbocycles. The van der Waals surface area contributed by atoms with E-state index in [0.29, 0.717) is 17.5 Å². The van der Waals surface area contributed by atoms with Crippen LogP contribution in [0.15, 0.2) is 176 Å². The molecule has 0 atom stereocenters. The average Bonchev–Trinajstić information content (AvgIpc) is 3.59. The van der Waals surface area contributed by atoms with Gasteiger partial charge in [-0.25, -0.2) is 15.0 Å². The van der Waals surface area contributed by atoms with Gasteiger partial charge in [0.1, 0.15) is 0 Å². The topological polar surface area (TPSA) is 38.7 Å². The van der Waals surface area contributed by atoms with Gasteiger partial charge in [-0.3, -0.25) is 0 Å². The molecular formula is C47H29N3S. The molecule has 3 nitrogen and oxygen atoms in total. The van der Waals surface area contributed by atoms with E-state index in [1.54, 1.807) is 11.3 Å². The predicted octanol–water partition coefficient (Wildman–Crippen LogP) is 12.9. The molecule has 0 radical (unpaired) electrons. The third kappa shape index (κ3) is 5.16. The molecule has 238 valence electrons. The maximum Gasteiger partial charge on any atom is 0.164 e. The zero-order valence-corrected chi connectivity index (χ0v) is 28.3. The molecule has 10 aromatic rings. The number of hydrogen-bond donors (Lipinski definition) is 0. The SMILES string of the molecule is c1ccc(-c2ccc(-c3nc(-c4cccc5c(-c6ccc7ccccc7c6)cccc45)nc(-c4cccc5sc6ccccc6c45)n3)cc2)cc1. The van der Waals surface area contributed by atoms with Crippen molar-refractivity contribution in [3.05, 3.63) is 176 Å². The van der Waals surface area contributed by atoms with Gasteiger partial charge in [0.2, 0.25) is 0 Å². The Bertz CT molecular complexity index is 2910. The first-order valence-corrected chi connectivity index (χ1v) is 17.9. The molecule has 0 aliphatic carbocycles. The Morgan fingerprint density at radius 1 is 0.314 bits per heavy atom. The summed E-state index contributed by atoms with van der Waals surface area (Å²) in [6.07, 6.45) is 0. The Balaban J connectivity index is 1.18. The van der Waals surface area contributed by atoms with Crippen molar-refractivity contribution in [1.29, 1.82) is 0 Å². The molecule has 0 aliphatic rings. The zero-order chi connectivity index (χ0) is 33.7. The van der Waals surface area contributed by atoms with Crippen molar-refractivity contribution >= 4 is 53.1 Å². The lowest BCUT2D eigenvalue weighted by Crippen LogP contribution is -2.01. The van der Waals surface area contributed by atoms with Gasteiger partial charge in [0, 0.05) is 36.9 Å². The Morgan fingerprint density at radius 3 is 1.71 bits per heavy atom. The zero-order valence-electron chi connectivity index (χ0n) is 27.5. The fourth-order valence-electron chi connectivity index (χ4n) is 7.26. The van der Waals surface area contributed by atoms with Crippen LogP contribution in [0.5, 0.6) is 0 Å². The van der Waals surface area contributed by atoms with E-state index in [0.717, 1.165) is 33.0 Å². The Morgan fingerprint density at radius 2 is 0.863 bits per heavy atom. The molecule has 0 spiro atoms. The monoisotopic (exact) mass is 667 g/mol. The molecule has 0 N–H and O–H groups in total. The van der Waals surface area contributed by atoms with Gasteiger partial charge >= 0.3 is 0 Å². The summed E-state index contributed by atoms with van der Waals surface area (Å²) >= 11 is 1.80. The maximum atomic E-state index is 5.28. The summed E-state index contributed by atoms with van der Waals surface area (Å²) < 4.78 is 2.47. The Kier molecular flexibility index (Phi) is 7.00. The molecule has 0 amide bonds. The van der Waals surface area contributed by atoms with E-state index in [9.17, 15) is 0 Å². The molecule has 4 heteroatoms. The van der Waals surface area contributed by atoms with Crippen molar-refractivity contribution < 1.29 is 0 Å². The fraction of sp³-hybridized carbons (Fsp3) is 0. The molecular weight excluding hydrogens is 639 g/mol. The summed E-state index contributed by atoms with van der Waals surface area (Å²) in [4.78, 5) is 15.7. The standard InChI is InChI=1S/C47H29N3S/c1-2-11-30(12-3-1)32-23-26-33(27-24-32)45-48-46(50-47(49-45)41-20-10-22-43-44(41)40-15-6-7-21-42(40)51-43)39-19-9-17-37-36(16-8-18-38(37)39)35-28-25-31-13-4-5-14-34(31)29-35/h1-29H. The summed E-state index contributed by atoms with van der Waals surface area (Å²) in [5, 5.41) is 7.11. The van der Waals surface area contributed by atoms with Gasteiger partial charge in [0.15, 0.2) is 17.5 Å². The normalized spacial score (nSPS) is 11.5. The minimum absolute atomic E-state index is 0.647. The van der Waals surface area contributed by atoms with E-state index in [1.165, 1.54) is 47.6 Å². The highest BCUT2D eigenvalue weighted by Gasteiger charge is 2.18. The second kappa shape index (κ2) is 12.1. The molecule has 0 saturated heterocycles. The third-order valence-corrected chi connectivity index (χ3v) is 10.9. The van der Waals surface area contributed by atoms with Gasteiger partial charge in [-0.15, -0.1) is 11.3 Å². The lowest BCUT2D eigenvalue weighted by Gasteiger charge is -2.13. The van der Waals surface area contributed by atoms with Gasteiger partial charge in [-0.05, 0) is 62.0 Å².